The van der Waals surface area contributed by atoms with Gasteiger partial charge in [0.25, 0.3) is 0 Å². The number of fused-ring (bicyclic) bond motifs is 6. The second kappa shape index (κ2) is 12.5. The Labute approximate surface area is 337 Å². The molecule has 0 fully saturated rings. The zero-order valence-corrected chi connectivity index (χ0v) is 26.5. The van der Waals surface area contributed by atoms with Crippen LogP contribution in [0.3, 0.4) is 0 Å². The van der Waals surface area contributed by atoms with Gasteiger partial charge in [-0.05, 0) is 98.0 Å². The Morgan fingerprint density at radius 3 is 1.88 bits per heavy atom. The number of furan rings is 1. The highest BCUT2D eigenvalue weighted by Gasteiger charge is 2.22. The van der Waals surface area contributed by atoms with Gasteiger partial charge in [0.15, 0.2) is 0 Å². The van der Waals surface area contributed by atoms with Crippen LogP contribution in [0, 0.1) is 0 Å². The molecule has 9 aromatic carbocycles. The standard InChI is InChI=1S/C50H33NO/c1-3-13-34(14-4-1)37-27-29-41(30-28-37)51(42-20-11-19-39(32-42)35-15-5-2-6-16-35)47-23-12-24-48-49(47)46-33-45(43-21-9-10-22-44(43)50(46)52-48)40-26-25-36-17-7-8-18-38(36)31-40/h1-33H/i1D,2D,3D,4D,5D,6D,7D,8D,11D,13D,14D,15D,16D,17D,18D,19D,20D,25D,26D,27D,28D,29D,30D,31D,32D. The van der Waals surface area contributed by atoms with E-state index in [1.165, 1.54) is 24.3 Å². The van der Waals surface area contributed by atoms with Crippen LogP contribution in [0.25, 0.3) is 76.9 Å². The predicted molar refractivity (Wildman–Crippen MR) is 220 cm³/mol. The van der Waals surface area contributed by atoms with Crippen LogP contribution in [0.2, 0.25) is 0 Å². The quantitative estimate of drug-likeness (QED) is 0.173. The second-order valence-electron chi connectivity index (χ2n) is 11.4. The molecule has 0 aliphatic carbocycles. The third kappa shape index (κ3) is 5.12. The average molecular weight is 689 g/mol. The maximum absolute atomic E-state index is 9.85. The summed E-state index contributed by atoms with van der Waals surface area (Å²) in [5.74, 6) is 0. The highest BCUT2D eigenvalue weighted by Crippen LogP contribution is 2.47. The summed E-state index contributed by atoms with van der Waals surface area (Å²) in [6, 6.07) is -8.68. The second-order valence-corrected chi connectivity index (χ2v) is 11.4. The lowest BCUT2D eigenvalue weighted by molar-refractivity contribution is 0.672. The summed E-state index contributed by atoms with van der Waals surface area (Å²) in [6.45, 7) is 0. The van der Waals surface area contributed by atoms with Crippen LogP contribution in [-0.2, 0) is 0 Å². The van der Waals surface area contributed by atoms with Gasteiger partial charge < -0.3 is 9.32 Å². The summed E-state index contributed by atoms with van der Waals surface area (Å²) >= 11 is 0. The van der Waals surface area contributed by atoms with Gasteiger partial charge in [-0.15, -0.1) is 0 Å². The Bertz CT molecular complexity index is 4270. The highest BCUT2D eigenvalue weighted by atomic mass is 16.3. The fourth-order valence-electron chi connectivity index (χ4n) is 6.15. The largest absolute Gasteiger partial charge is 0.455 e. The molecule has 1 heterocycles. The Kier molecular flexibility index (Phi) is 3.36. The molecule has 2 nitrogen and oxygen atoms in total. The molecule has 0 bridgehead atoms. The molecule has 0 spiro atoms. The van der Waals surface area contributed by atoms with Crippen molar-refractivity contribution in [1.82, 2.24) is 0 Å². The van der Waals surface area contributed by atoms with E-state index in [1.807, 2.05) is 0 Å². The van der Waals surface area contributed by atoms with E-state index < -0.39 is 185 Å². The fraction of sp³-hybridized carbons (Fsp3) is 0. The normalized spacial score (nSPS) is 18.2. The van der Waals surface area contributed by atoms with Crippen molar-refractivity contribution in [3.05, 3.63) is 200 Å². The van der Waals surface area contributed by atoms with Gasteiger partial charge in [0.1, 0.15) is 11.2 Å². The molecular weight excluding hydrogens is 631 g/mol. The van der Waals surface area contributed by atoms with Crippen molar-refractivity contribution in [2.75, 3.05) is 4.90 Å². The van der Waals surface area contributed by atoms with Gasteiger partial charge in [-0.3, -0.25) is 0 Å². The van der Waals surface area contributed by atoms with Crippen molar-refractivity contribution in [3.63, 3.8) is 0 Å². The SMILES string of the molecule is [2H]c1c([2H])c([2H])c(-c2c([2H])c([2H])c(N(c3c([2H])c([2H])c([2H])c(-c4c([2H])c([2H])c([2H])c([2H])c4[2H])c3[2H])c3cccc4oc5c6ccccc6c(-c6c([2H])c([2H])c7c([2H])c([2H])c([2H])c([2H])c7c6[2H])cc5c34)c([2H])c2[2H])c([2H])c1[2H]. The summed E-state index contributed by atoms with van der Waals surface area (Å²) < 4.78 is 229. The molecule has 0 aliphatic heterocycles. The third-order valence-electron chi connectivity index (χ3n) is 8.41. The van der Waals surface area contributed by atoms with E-state index in [4.69, 9.17) is 27.7 Å². The van der Waals surface area contributed by atoms with Crippen LogP contribution in [-0.4, -0.2) is 0 Å². The van der Waals surface area contributed by atoms with Crippen LogP contribution in [0.4, 0.5) is 17.1 Å². The van der Waals surface area contributed by atoms with Gasteiger partial charge >= 0.3 is 0 Å². The summed E-state index contributed by atoms with van der Waals surface area (Å²) in [6.07, 6.45) is 0. The molecule has 0 saturated heterocycles. The maximum atomic E-state index is 9.85. The first-order valence-corrected chi connectivity index (χ1v) is 15.7. The number of anilines is 3. The first kappa shape index (κ1) is 14.0. The Morgan fingerprint density at radius 2 is 1.10 bits per heavy atom. The molecule has 10 aromatic rings. The summed E-state index contributed by atoms with van der Waals surface area (Å²) in [7, 11) is 0. The van der Waals surface area contributed by atoms with E-state index in [0.29, 0.717) is 10.8 Å². The monoisotopic (exact) mass is 688 g/mol. The summed E-state index contributed by atoms with van der Waals surface area (Å²) in [5, 5.41) is 0.0130. The molecule has 244 valence electrons. The van der Waals surface area contributed by atoms with Crippen LogP contribution >= 0.6 is 0 Å². The van der Waals surface area contributed by atoms with Crippen LogP contribution in [0.15, 0.2) is 204 Å². The smallest absolute Gasteiger partial charge is 0.143 e. The van der Waals surface area contributed by atoms with Crippen LogP contribution < -0.4 is 4.90 Å². The van der Waals surface area contributed by atoms with Crippen molar-refractivity contribution in [2.45, 2.75) is 0 Å². The van der Waals surface area contributed by atoms with Crippen molar-refractivity contribution >= 4 is 60.5 Å². The van der Waals surface area contributed by atoms with Crippen LogP contribution in [0.1, 0.15) is 34.3 Å². The zero-order chi connectivity index (χ0) is 56.2. The van der Waals surface area contributed by atoms with E-state index in [2.05, 4.69) is 0 Å². The number of benzene rings is 9. The number of hydrogen-bond acceptors (Lipinski definition) is 2. The summed E-state index contributed by atoms with van der Waals surface area (Å²) in [5.41, 5.74) is -4.86. The topological polar surface area (TPSA) is 16.4 Å². The molecule has 10 rings (SSSR count). The number of nitrogens with zero attached hydrogens (tertiary/aromatic N) is 1. The third-order valence-corrected chi connectivity index (χ3v) is 8.41. The van der Waals surface area contributed by atoms with Crippen molar-refractivity contribution in [1.29, 1.82) is 0 Å². The van der Waals surface area contributed by atoms with Crippen molar-refractivity contribution in [3.8, 4) is 33.4 Å². The maximum Gasteiger partial charge on any atom is 0.143 e. The molecule has 0 aliphatic rings. The minimum absolute atomic E-state index is 0.00563. The lowest BCUT2D eigenvalue weighted by Crippen LogP contribution is -2.10. The molecule has 0 unspecified atom stereocenters. The molecule has 0 atom stereocenters. The van der Waals surface area contributed by atoms with E-state index in [-0.39, 0.29) is 49.5 Å². The van der Waals surface area contributed by atoms with E-state index in [9.17, 15) is 11.0 Å². The van der Waals surface area contributed by atoms with Gasteiger partial charge in [0.2, 0.25) is 0 Å². The Morgan fingerprint density at radius 1 is 0.442 bits per heavy atom. The van der Waals surface area contributed by atoms with Crippen LogP contribution in [0.5, 0.6) is 0 Å². The van der Waals surface area contributed by atoms with Gasteiger partial charge in [-0.2, -0.15) is 0 Å². The minimum Gasteiger partial charge on any atom is -0.455 e. The summed E-state index contributed by atoms with van der Waals surface area (Å²) in [4.78, 5) is 0.861. The van der Waals surface area contributed by atoms with E-state index in [1.54, 1.807) is 24.3 Å². The zero-order valence-electron chi connectivity index (χ0n) is 51.5. The lowest BCUT2D eigenvalue weighted by atomic mass is 9.93. The van der Waals surface area contributed by atoms with Gasteiger partial charge in [-0.1, -0.05) is 151 Å². The number of hydrogen-bond donors (Lipinski definition) is 0. The lowest BCUT2D eigenvalue weighted by Gasteiger charge is -2.27. The van der Waals surface area contributed by atoms with Crippen molar-refractivity contribution in [2.24, 2.45) is 0 Å². The molecular formula is C50H33NO. The fourth-order valence-corrected chi connectivity index (χ4v) is 6.15. The molecule has 0 radical (unpaired) electrons. The molecule has 0 saturated carbocycles. The average Bonchev–Trinajstić information content (AvgIpc) is 3.87. The van der Waals surface area contributed by atoms with Gasteiger partial charge in [0, 0.05) is 22.1 Å². The molecule has 1 aromatic heterocycles. The van der Waals surface area contributed by atoms with E-state index >= 15 is 0 Å². The van der Waals surface area contributed by atoms with E-state index in [0.717, 1.165) is 4.90 Å². The molecule has 2 heteroatoms. The Balaban J connectivity index is 1.40. The molecule has 52 heavy (non-hydrogen) atoms. The Hall–Kier alpha value is -6.90. The minimum atomic E-state index is -1.00. The molecule has 0 N–H and O–H groups in total. The predicted octanol–water partition coefficient (Wildman–Crippen LogP) is 14.4. The van der Waals surface area contributed by atoms with Gasteiger partial charge in [0.05, 0.1) is 45.3 Å². The first-order valence-electron chi connectivity index (χ1n) is 28.2. The number of rotatable bonds is 6. The van der Waals surface area contributed by atoms with Crippen molar-refractivity contribution < 1.29 is 38.7 Å². The highest BCUT2D eigenvalue weighted by molar-refractivity contribution is 6.22. The molecule has 0 amide bonds. The first-order chi connectivity index (χ1) is 36.2. The van der Waals surface area contributed by atoms with Gasteiger partial charge in [-0.25, -0.2) is 0 Å².